The first-order chi connectivity index (χ1) is 13.0. The molecule has 2 aromatic rings. The van der Waals surface area contributed by atoms with Gasteiger partial charge >= 0.3 is 0 Å². The van der Waals surface area contributed by atoms with Crippen molar-refractivity contribution in [3.63, 3.8) is 0 Å². The zero-order valence-corrected chi connectivity index (χ0v) is 20.4. The van der Waals surface area contributed by atoms with Crippen LogP contribution in [-0.4, -0.2) is 21.1 Å². The summed E-state index contributed by atoms with van der Waals surface area (Å²) < 4.78 is 0. The molecule has 0 radical (unpaired) electrons. The molecule has 2 rings (SSSR count). The molecule has 0 bridgehead atoms. The minimum absolute atomic E-state index is 1.20. The van der Waals surface area contributed by atoms with Crippen LogP contribution in [0.4, 0.5) is 0 Å². The molecule has 0 amide bonds. The van der Waals surface area contributed by atoms with Gasteiger partial charge in [0.15, 0.2) is 0 Å². The van der Waals surface area contributed by atoms with Crippen molar-refractivity contribution < 1.29 is 0 Å². The van der Waals surface area contributed by atoms with Crippen molar-refractivity contribution in [3.8, 4) is 11.3 Å². The van der Waals surface area contributed by atoms with Crippen molar-refractivity contribution in [1.82, 2.24) is 4.98 Å². The molecule has 0 aliphatic rings. The smallest absolute Gasteiger partial charge is 0.0868 e. The van der Waals surface area contributed by atoms with Crippen LogP contribution in [0.3, 0.4) is 0 Å². The van der Waals surface area contributed by atoms with E-state index in [1.54, 1.807) is 10.8 Å². The number of aromatic nitrogens is 1. The highest BCUT2D eigenvalue weighted by Crippen LogP contribution is 2.32. The van der Waals surface area contributed by atoms with E-state index in [1.807, 2.05) is 12.3 Å². The van der Waals surface area contributed by atoms with Crippen molar-refractivity contribution in [1.29, 1.82) is 0 Å². The molecule has 0 aliphatic carbocycles. The summed E-state index contributed by atoms with van der Waals surface area (Å²) in [6.45, 7) is 14.5. The predicted octanol–water partition coefficient (Wildman–Crippen LogP) is 7.05. The van der Waals surface area contributed by atoms with E-state index in [-0.39, 0.29) is 0 Å². The summed E-state index contributed by atoms with van der Waals surface area (Å²) in [4.78, 5) is 4.83. The van der Waals surface area contributed by atoms with Crippen molar-refractivity contribution in [2.75, 3.05) is 0 Å². The highest BCUT2D eigenvalue weighted by molar-refractivity contribution is 6.92. The summed E-state index contributed by atoms with van der Waals surface area (Å²) in [7, 11) is -2.73. The van der Waals surface area contributed by atoms with Crippen molar-refractivity contribution in [2.24, 2.45) is 0 Å². The van der Waals surface area contributed by atoms with Crippen LogP contribution in [0.2, 0.25) is 36.3 Å². The van der Waals surface area contributed by atoms with E-state index >= 15 is 0 Å². The molecule has 0 atom stereocenters. The maximum absolute atomic E-state index is 4.83. The Balaban J connectivity index is 2.73. The highest BCUT2D eigenvalue weighted by Gasteiger charge is 2.34. The standard InChI is InChI=1S/C24H39NSi2/c1-7-26(8-2,9-3)20-21-16-15-18-23(27(10-4,11-5)12-6)24(21)22-17-13-14-19-25-22/h13-19H,7-12,20H2,1-6H3. The molecule has 3 heteroatoms. The minimum atomic E-state index is -1.48. The SMILES string of the molecule is CC[Si](CC)(CC)Cc1cccc([Si](CC)(CC)CC)c1-c1ccccn1. The number of pyridine rings is 1. The van der Waals surface area contributed by atoms with E-state index < -0.39 is 16.1 Å². The highest BCUT2D eigenvalue weighted by atomic mass is 28.3. The molecular weight excluding hydrogens is 358 g/mol. The van der Waals surface area contributed by atoms with Crippen molar-refractivity contribution in [2.45, 2.75) is 83.9 Å². The molecule has 0 saturated heterocycles. The fourth-order valence-electron chi connectivity index (χ4n) is 4.85. The van der Waals surface area contributed by atoms with Crippen LogP contribution >= 0.6 is 0 Å². The Hall–Kier alpha value is -1.20. The lowest BCUT2D eigenvalue weighted by Crippen LogP contribution is -2.47. The van der Waals surface area contributed by atoms with Crippen molar-refractivity contribution >= 4 is 21.3 Å². The van der Waals surface area contributed by atoms with Gasteiger partial charge in [0.25, 0.3) is 0 Å². The van der Waals surface area contributed by atoms with Crippen LogP contribution in [0.1, 0.15) is 47.1 Å². The molecule has 0 N–H and O–H groups in total. The average molecular weight is 398 g/mol. The van der Waals surface area contributed by atoms with E-state index in [0.717, 1.165) is 0 Å². The van der Waals surface area contributed by atoms with Gasteiger partial charge in [0.05, 0.1) is 21.8 Å². The first-order valence-corrected chi connectivity index (χ1v) is 16.5. The van der Waals surface area contributed by atoms with E-state index in [9.17, 15) is 0 Å². The molecule has 1 nitrogen and oxygen atoms in total. The molecule has 1 aromatic carbocycles. The second-order valence-corrected chi connectivity index (χ2v) is 18.8. The van der Waals surface area contributed by atoms with Crippen LogP contribution in [-0.2, 0) is 6.04 Å². The zero-order chi connectivity index (χ0) is 19.9. The van der Waals surface area contributed by atoms with Gasteiger partial charge in [-0.1, -0.05) is 102 Å². The lowest BCUT2D eigenvalue weighted by molar-refractivity contribution is 1.10. The Kier molecular flexibility index (Phi) is 8.05. The van der Waals surface area contributed by atoms with Crippen LogP contribution in [0.25, 0.3) is 11.3 Å². The topological polar surface area (TPSA) is 12.9 Å². The first kappa shape index (κ1) is 22.1. The maximum atomic E-state index is 4.83. The molecule has 0 spiro atoms. The lowest BCUT2D eigenvalue weighted by atomic mass is 10.0. The van der Waals surface area contributed by atoms with Gasteiger partial charge in [-0.05, 0) is 28.9 Å². The molecule has 0 aliphatic heterocycles. The van der Waals surface area contributed by atoms with Gasteiger partial charge in [0.1, 0.15) is 0 Å². The maximum Gasteiger partial charge on any atom is 0.0868 e. The Bertz CT molecular complexity index is 687. The zero-order valence-electron chi connectivity index (χ0n) is 18.4. The molecular formula is C24H39NSi2. The van der Waals surface area contributed by atoms with Gasteiger partial charge in [-0.15, -0.1) is 0 Å². The van der Waals surface area contributed by atoms with E-state index in [4.69, 9.17) is 4.98 Å². The normalized spacial score (nSPS) is 12.4. The molecule has 1 aromatic heterocycles. The second kappa shape index (κ2) is 9.83. The van der Waals surface area contributed by atoms with Crippen molar-refractivity contribution in [3.05, 3.63) is 48.2 Å². The number of hydrogen-bond acceptors (Lipinski definition) is 1. The van der Waals surface area contributed by atoms with Gasteiger partial charge in [0.2, 0.25) is 0 Å². The molecule has 0 fully saturated rings. The van der Waals surface area contributed by atoms with Crippen LogP contribution < -0.4 is 5.19 Å². The monoisotopic (exact) mass is 397 g/mol. The Morgan fingerprint density at radius 2 is 1.33 bits per heavy atom. The third-order valence-corrected chi connectivity index (χ3v) is 18.7. The quantitative estimate of drug-likeness (QED) is 0.391. The molecule has 27 heavy (non-hydrogen) atoms. The summed E-state index contributed by atoms with van der Waals surface area (Å²) in [6, 6.07) is 23.0. The van der Waals surface area contributed by atoms with Gasteiger partial charge in [-0.2, -0.15) is 0 Å². The fourth-order valence-corrected chi connectivity index (χ4v) is 12.1. The van der Waals surface area contributed by atoms with Gasteiger partial charge in [-0.3, -0.25) is 4.98 Å². The molecule has 148 valence electrons. The summed E-state index contributed by atoms with van der Waals surface area (Å²) in [6.07, 6.45) is 1.97. The third kappa shape index (κ3) is 4.46. The third-order valence-electron chi connectivity index (χ3n) is 7.49. The van der Waals surface area contributed by atoms with Gasteiger partial charge in [0, 0.05) is 11.8 Å². The van der Waals surface area contributed by atoms with Gasteiger partial charge in [-0.25, -0.2) is 0 Å². The van der Waals surface area contributed by atoms with Crippen LogP contribution in [0.5, 0.6) is 0 Å². The summed E-state index contributed by atoms with van der Waals surface area (Å²) in [5.74, 6) is 0. The lowest BCUT2D eigenvalue weighted by Gasteiger charge is -2.34. The van der Waals surface area contributed by atoms with E-state index in [1.165, 1.54) is 53.6 Å². The number of nitrogens with zero attached hydrogens (tertiary/aromatic N) is 1. The average Bonchev–Trinajstić information content (AvgIpc) is 2.74. The van der Waals surface area contributed by atoms with Crippen LogP contribution in [0, 0.1) is 0 Å². The fraction of sp³-hybridized carbons (Fsp3) is 0.542. The second-order valence-electron chi connectivity index (χ2n) is 8.13. The van der Waals surface area contributed by atoms with E-state index in [0.29, 0.717) is 0 Å². The number of hydrogen-bond donors (Lipinski definition) is 0. The summed E-state index contributed by atoms with van der Waals surface area (Å²) >= 11 is 0. The van der Waals surface area contributed by atoms with E-state index in [2.05, 4.69) is 71.9 Å². The predicted molar refractivity (Wildman–Crippen MR) is 127 cm³/mol. The van der Waals surface area contributed by atoms with Crippen LogP contribution in [0.15, 0.2) is 42.6 Å². The number of benzene rings is 1. The Labute approximate surface area is 169 Å². The molecule has 0 saturated carbocycles. The molecule has 0 unspecified atom stereocenters. The molecule has 1 heterocycles. The minimum Gasteiger partial charge on any atom is -0.256 e. The summed E-state index contributed by atoms with van der Waals surface area (Å²) in [5.41, 5.74) is 4.28. The number of rotatable bonds is 10. The van der Waals surface area contributed by atoms with Gasteiger partial charge < -0.3 is 0 Å². The Morgan fingerprint density at radius 3 is 1.81 bits per heavy atom. The Morgan fingerprint density at radius 1 is 0.704 bits per heavy atom. The largest absolute Gasteiger partial charge is 0.256 e. The summed E-state index contributed by atoms with van der Waals surface area (Å²) in [5, 5.41) is 1.66. The first-order valence-electron chi connectivity index (χ1n) is 11.1.